The standard InChI is InChI=1S/C11H17N5O2/c1-3-6-13-11(18)7(2)14-9-5-4-8(10(12)17)15-16-9/h4-5,7H,3,6H2,1-2H3,(H2,12,17)(H,13,18)(H,14,16). The molecule has 2 amide bonds. The van der Waals surface area contributed by atoms with Gasteiger partial charge in [-0.1, -0.05) is 6.92 Å². The number of hydrogen-bond acceptors (Lipinski definition) is 5. The van der Waals surface area contributed by atoms with Gasteiger partial charge in [-0.25, -0.2) is 0 Å². The van der Waals surface area contributed by atoms with E-state index in [1.165, 1.54) is 6.07 Å². The first-order valence-corrected chi connectivity index (χ1v) is 5.72. The smallest absolute Gasteiger partial charge is 0.269 e. The third-order valence-electron chi connectivity index (χ3n) is 2.22. The minimum absolute atomic E-state index is 0.0867. The van der Waals surface area contributed by atoms with Crippen LogP contribution in [0.25, 0.3) is 0 Å². The molecule has 1 aromatic rings. The minimum atomic E-state index is -0.636. The maximum atomic E-state index is 11.6. The molecule has 0 spiro atoms. The Balaban J connectivity index is 2.56. The molecule has 0 aromatic carbocycles. The summed E-state index contributed by atoms with van der Waals surface area (Å²) in [5.41, 5.74) is 5.13. The van der Waals surface area contributed by atoms with E-state index in [-0.39, 0.29) is 11.6 Å². The maximum Gasteiger partial charge on any atom is 0.269 e. The number of nitrogens with one attached hydrogen (secondary N) is 2. The molecule has 1 rings (SSSR count). The predicted octanol–water partition coefficient (Wildman–Crippen LogP) is -0.0979. The minimum Gasteiger partial charge on any atom is -0.364 e. The molecule has 1 unspecified atom stereocenters. The number of primary amides is 1. The van der Waals surface area contributed by atoms with Crippen molar-refractivity contribution in [3.05, 3.63) is 17.8 Å². The summed E-state index contributed by atoms with van der Waals surface area (Å²) in [5.74, 6) is -0.334. The number of nitrogens with zero attached hydrogens (tertiary/aromatic N) is 2. The average molecular weight is 251 g/mol. The van der Waals surface area contributed by atoms with Gasteiger partial charge in [0, 0.05) is 6.54 Å². The normalized spacial score (nSPS) is 11.7. The van der Waals surface area contributed by atoms with Crippen LogP contribution in [0, 0.1) is 0 Å². The van der Waals surface area contributed by atoms with Crippen molar-refractivity contribution in [1.82, 2.24) is 15.5 Å². The second-order valence-electron chi connectivity index (χ2n) is 3.83. The zero-order valence-corrected chi connectivity index (χ0v) is 10.4. The second kappa shape index (κ2) is 6.53. The Morgan fingerprint density at radius 1 is 1.39 bits per heavy atom. The zero-order valence-electron chi connectivity index (χ0n) is 10.4. The highest BCUT2D eigenvalue weighted by molar-refractivity contribution is 5.90. The first kappa shape index (κ1) is 13.9. The molecule has 4 N–H and O–H groups in total. The Bertz CT molecular complexity index is 418. The molecule has 98 valence electrons. The van der Waals surface area contributed by atoms with E-state index in [9.17, 15) is 9.59 Å². The molecule has 0 aliphatic heterocycles. The van der Waals surface area contributed by atoms with Crippen LogP contribution >= 0.6 is 0 Å². The predicted molar refractivity (Wildman–Crippen MR) is 66.9 cm³/mol. The molecule has 0 fully saturated rings. The number of anilines is 1. The molecular formula is C11H17N5O2. The maximum absolute atomic E-state index is 11.6. The van der Waals surface area contributed by atoms with E-state index in [2.05, 4.69) is 20.8 Å². The van der Waals surface area contributed by atoms with E-state index in [0.29, 0.717) is 12.4 Å². The molecule has 0 aliphatic carbocycles. The topological polar surface area (TPSA) is 110 Å². The summed E-state index contributed by atoms with van der Waals surface area (Å²) in [7, 11) is 0. The molecular weight excluding hydrogens is 234 g/mol. The van der Waals surface area contributed by atoms with Crippen LogP contribution in [0.15, 0.2) is 12.1 Å². The summed E-state index contributed by atoms with van der Waals surface area (Å²) in [6, 6.07) is 2.58. The van der Waals surface area contributed by atoms with Gasteiger partial charge in [0.05, 0.1) is 0 Å². The molecule has 7 nitrogen and oxygen atoms in total. The lowest BCUT2D eigenvalue weighted by Crippen LogP contribution is -2.38. The van der Waals surface area contributed by atoms with Gasteiger partial charge in [0.25, 0.3) is 5.91 Å². The molecule has 0 bridgehead atoms. The highest BCUT2D eigenvalue weighted by Crippen LogP contribution is 2.03. The Morgan fingerprint density at radius 3 is 2.61 bits per heavy atom. The van der Waals surface area contributed by atoms with E-state index >= 15 is 0 Å². The van der Waals surface area contributed by atoms with Crippen LogP contribution in [0.1, 0.15) is 30.8 Å². The lowest BCUT2D eigenvalue weighted by Gasteiger charge is -2.13. The van der Waals surface area contributed by atoms with E-state index in [0.717, 1.165) is 6.42 Å². The van der Waals surface area contributed by atoms with Crippen molar-refractivity contribution in [3.63, 3.8) is 0 Å². The molecule has 18 heavy (non-hydrogen) atoms. The van der Waals surface area contributed by atoms with Gasteiger partial charge in [0.1, 0.15) is 11.9 Å². The summed E-state index contributed by atoms with van der Waals surface area (Å²) in [5, 5.41) is 13.0. The number of hydrogen-bond donors (Lipinski definition) is 3. The highest BCUT2D eigenvalue weighted by Gasteiger charge is 2.12. The van der Waals surface area contributed by atoms with Gasteiger partial charge in [0.15, 0.2) is 5.69 Å². The van der Waals surface area contributed by atoms with E-state index in [1.807, 2.05) is 6.92 Å². The highest BCUT2D eigenvalue weighted by atomic mass is 16.2. The first-order chi connectivity index (χ1) is 8.54. The van der Waals surface area contributed by atoms with Crippen LogP contribution in [0.4, 0.5) is 5.82 Å². The number of carbonyl (C=O) groups is 2. The summed E-state index contributed by atoms with van der Waals surface area (Å²) in [4.78, 5) is 22.4. The average Bonchev–Trinajstić information content (AvgIpc) is 2.36. The Labute approximate surface area is 105 Å². The molecule has 7 heteroatoms. The Kier molecular flexibility index (Phi) is 5.04. The Morgan fingerprint density at radius 2 is 2.11 bits per heavy atom. The fraction of sp³-hybridized carbons (Fsp3) is 0.455. The van der Waals surface area contributed by atoms with Crippen LogP contribution in [0.5, 0.6) is 0 Å². The quantitative estimate of drug-likeness (QED) is 0.654. The largest absolute Gasteiger partial charge is 0.364 e. The van der Waals surface area contributed by atoms with Crippen molar-refractivity contribution in [2.45, 2.75) is 26.3 Å². The number of carbonyl (C=O) groups excluding carboxylic acids is 2. The molecule has 1 heterocycles. The third kappa shape index (κ3) is 4.00. The van der Waals surface area contributed by atoms with Crippen molar-refractivity contribution >= 4 is 17.6 Å². The first-order valence-electron chi connectivity index (χ1n) is 5.72. The van der Waals surface area contributed by atoms with Gasteiger partial charge >= 0.3 is 0 Å². The summed E-state index contributed by atoms with van der Waals surface area (Å²) < 4.78 is 0. The Hall–Kier alpha value is -2.18. The van der Waals surface area contributed by atoms with Gasteiger partial charge in [-0.2, -0.15) is 0 Å². The second-order valence-corrected chi connectivity index (χ2v) is 3.83. The molecule has 1 aromatic heterocycles. The van der Waals surface area contributed by atoms with Crippen molar-refractivity contribution < 1.29 is 9.59 Å². The van der Waals surface area contributed by atoms with E-state index < -0.39 is 11.9 Å². The van der Waals surface area contributed by atoms with Crippen LogP contribution < -0.4 is 16.4 Å². The summed E-state index contributed by atoms with van der Waals surface area (Å²) >= 11 is 0. The van der Waals surface area contributed by atoms with Gasteiger partial charge in [0.2, 0.25) is 5.91 Å². The number of amides is 2. The molecule has 1 atom stereocenters. The number of nitrogens with two attached hydrogens (primary N) is 1. The fourth-order valence-electron chi connectivity index (χ4n) is 1.23. The van der Waals surface area contributed by atoms with Crippen LogP contribution in [0.2, 0.25) is 0 Å². The van der Waals surface area contributed by atoms with E-state index in [1.54, 1.807) is 13.0 Å². The lowest BCUT2D eigenvalue weighted by atomic mass is 10.3. The molecule has 0 aliphatic rings. The van der Waals surface area contributed by atoms with Crippen molar-refractivity contribution in [3.8, 4) is 0 Å². The number of rotatable bonds is 6. The number of aromatic nitrogens is 2. The lowest BCUT2D eigenvalue weighted by molar-refractivity contribution is -0.121. The van der Waals surface area contributed by atoms with Crippen molar-refractivity contribution in [2.24, 2.45) is 5.73 Å². The monoisotopic (exact) mass is 251 g/mol. The van der Waals surface area contributed by atoms with E-state index in [4.69, 9.17) is 5.73 Å². The van der Waals surface area contributed by atoms with Gasteiger partial charge in [-0.05, 0) is 25.5 Å². The zero-order chi connectivity index (χ0) is 13.5. The van der Waals surface area contributed by atoms with Crippen molar-refractivity contribution in [1.29, 1.82) is 0 Å². The third-order valence-corrected chi connectivity index (χ3v) is 2.22. The van der Waals surface area contributed by atoms with Crippen LogP contribution in [0.3, 0.4) is 0 Å². The fourth-order valence-corrected chi connectivity index (χ4v) is 1.23. The SMILES string of the molecule is CCCNC(=O)C(C)Nc1ccc(C(N)=O)nn1. The molecule has 0 saturated carbocycles. The van der Waals surface area contributed by atoms with Gasteiger partial charge in [-0.15, -0.1) is 10.2 Å². The van der Waals surface area contributed by atoms with Crippen LogP contribution in [-0.2, 0) is 4.79 Å². The van der Waals surface area contributed by atoms with Crippen molar-refractivity contribution in [2.75, 3.05) is 11.9 Å². The van der Waals surface area contributed by atoms with Crippen LogP contribution in [-0.4, -0.2) is 34.6 Å². The summed E-state index contributed by atoms with van der Waals surface area (Å²) in [6.45, 7) is 4.33. The van der Waals surface area contributed by atoms with Gasteiger partial charge < -0.3 is 16.4 Å². The summed E-state index contributed by atoms with van der Waals surface area (Å²) in [6.07, 6.45) is 0.881. The van der Waals surface area contributed by atoms with Gasteiger partial charge in [-0.3, -0.25) is 9.59 Å². The molecule has 0 radical (unpaired) electrons. The molecule has 0 saturated heterocycles.